The fraction of sp³-hybridized carbons (Fsp3) is 0.286. The SMILES string of the molecule is CNC(=O)C(Cc1ccccc1)N(Cc1cccc(OC)c1)C(=O)CN(c1cc([N+](=O)[O-])ccc1OC)S(C)(=O)=O. The van der Waals surface area contributed by atoms with Crippen molar-refractivity contribution in [1.29, 1.82) is 0 Å². The zero-order chi connectivity index (χ0) is 30.2. The van der Waals surface area contributed by atoms with E-state index in [0.717, 1.165) is 22.2 Å². The summed E-state index contributed by atoms with van der Waals surface area (Å²) in [6, 6.07) is 18.5. The molecule has 0 spiro atoms. The number of non-ortho nitro benzene ring substituents is 1. The molecule has 41 heavy (non-hydrogen) atoms. The highest BCUT2D eigenvalue weighted by Gasteiger charge is 2.34. The van der Waals surface area contributed by atoms with Crippen molar-refractivity contribution in [3.05, 3.63) is 94.0 Å². The van der Waals surface area contributed by atoms with Gasteiger partial charge in [0.2, 0.25) is 21.8 Å². The van der Waals surface area contributed by atoms with Crippen LogP contribution in [0.15, 0.2) is 72.8 Å². The van der Waals surface area contributed by atoms with Gasteiger partial charge in [0.25, 0.3) is 5.69 Å². The number of rotatable bonds is 13. The minimum atomic E-state index is -4.15. The fourth-order valence-corrected chi connectivity index (χ4v) is 5.11. The number of nitro groups is 1. The van der Waals surface area contributed by atoms with Gasteiger partial charge < -0.3 is 19.7 Å². The van der Waals surface area contributed by atoms with Crippen molar-refractivity contribution in [1.82, 2.24) is 10.2 Å². The number of carbonyl (C=O) groups excluding carboxylic acids is 2. The molecule has 1 atom stereocenters. The molecule has 13 heteroatoms. The van der Waals surface area contributed by atoms with Gasteiger partial charge in [0.1, 0.15) is 29.8 Å². The van der Waals surface area contributed by atoms with E-state index in [0.29, 0.717) is 11.3 Å². The molecule has 0 saturated carbocycles. The summed E-state index contributed by atoms with van der Waals surface area (Å²) in [5.41, 5.74) is 0.851. The molecule has 0 aliphatic rings. The standard InChI is InChI=1S/C28H32N4O8S/c1-29-28(34)25(16-20-9-6-5-7-10-20)30(18-21-11-8-12-23(15-21)39-2)27(33)19-31(41(4,37)38)24-17-22(32(35)36)13-14-26(24)40-3/h5-15,17,25H,16,18-19H2,1-4H3,(H,29,34). The summed E-state index contributed by atoms with van der Waals surface area (Å²) >= 11 is 0. The lowest BCUT2D eigenvalue weighted by Crippen LogP contribution is -2.52. The minimum absolute atomic E-state index is 0.0142. The van der Waals surface area contributed by atoms with Crippen molar-refractivity contribution >= 4 is 33.2 Å². The van der Waals surface area contributed by atoms with Gasteiger partial charge in [0.15, 0.2) is 0 Å². The molecule has 3 rings (SSSR count). The molecule has 3 aromatic rings. The van der Waals surface area contributed by atoms with Crippen LogP contribution in [0.4, 0.5) is 11.4 Å². The Morgan fingerprint density at radius 3 is 2.24 bits per heavy atom. The van der Waals surface area contributed by atoms with E-state index in [9.17, 15) is 28.1 Å². The molecular weight excluding hydrogens is 552 g/mol. The Morgan fingerprint density at radius 1 is 0.976 bits per heavy atom. The highest BCUT2D eigenvalue weighted by molar-refractivity contribution is 7.92. The molecule has 0 radical (unpaired) electrons. The molecule has 0 bridgehead atoms. The summed E-state index contributed by atoms with van der Waals surface area (Å²) in [6.07, 6.45) is 1.03. The van der Waals surface area contributed by atoms with Crippen LogP contribution in [-0.2, 0) is 32.6 Å². The van der Waals surface area contributed by atoms with Crippen molar-refractivity contribution in [2.45, 2.75) is 19.0 Å². The van der Waals surface area contributed by atoms with Crippen LogP contribution >= 0.6 is 0 Å². The summed E-state index contributed by atoms with van der Waals surface area (Å²) in [5.74, 6) is -0.617. The average Bonchev–Trinajstić information content (AvgIpc) is 2.96. The number of likely N-dealkylation sites (N-methyl/N-ethyl adjacent to an activating group) is 1. The molecule has 3 aromatic carbocycles. The van der Waals surface area contributed by atoms with E-state index in [1.165, 1.54) is 38.3 Å². The zero-order valence-corrected chi connectivity index (χ0v) is 24.0. The molecule has 0 heterocycles. The number of ether oxygens (including phenoxy) is 2. The van der Waals surface area contributed by atoms with Gasteiger partial charge in [-0.25, -0.2) is 8.42 Å². The van der Waals surface area contributed by atoms with Crippen molar-refractivity contribution in [3.8, 4) is 11.5 Å². The van der Waals surface area contributed by atoms with E-state index < -0.39 is 39.3 Å². The number of methoxy groups -OCH3 is 2. The topological polar surface area (TPSA) is 148 Å². The maximum absolute atomic E-state index is 14.0. The Bertz CT molecular complexity index is 1500. The molecule has 0 saturated heterocycles. The third-order valence-corrected chi connectivity index (χ3v) is 7.45. The van der Waals surface area contributed by atoms with Crippen LogP contribution in [0.2, 0.25) is 0 Å². The molecule has 0 aromatic heterocycles. The third kappa shape index (κ3) is 7.94. The first-order valence-corrected chi connectivity index (χ1v) is 14.3. The highest BCUT2D eigenvalue weighted by Crippen LogP contribution is 2.34. The van der Waals surface area contributed by atoms with Gasteiger partial charge in [-0.2, -0.15) is 0 Å². The predicted molar refractivity (Wildman–Crippen MR) is 153 cm³/mol. The van der Waals surface area contributed by atoms with Crippen molar-refractivity contribution in [2.24, 2.45) is 0 Å². The van der Waals surface area contributed by atoms with Crippen LogP contribution in [0.1, 0.15) is 11.1 Å². The van der Waals surface area contributed by atoms with Crippen LogP contribution < -0.4 is 19.1 Å². The number of anilines is 1. The van der Waals surface area contributed by atoms with E-state index >= 15 is 0 Å². The van der Waals surface area contributed by atoms with Crippen molar-refractivity contribution < 1.29 is 32.4 Å². The van der Waals surface area contributed by atoms with Crippen LogP contribution in [0.25, 0.3) is 0 Å². The summed E-state index contributed by atoms with van der Waals surface area (Å²) in [4.78, 5) is 39.3. The molecule has 218 valence electrons. The first kappa shape index (κ1) is 30.9. The minimum Gasteiger partial charge on any atom is -0.497 e. The lowest BCUT2D eigenvalue weighted by atomic mass is 10.0. The van der Waals surface area contributed by atoms with Crippen LogP contribution in [0.3, 0.4) is 0 Å². The Hall–Kier alpha value is -4.65. The zero-order valence-electron chi connectivity index (χ0n) is 23.1. The monoisotopic (exact) mass is 584 g/mol. The summed E-state index contributed by atoms with van der Waals surface area (Å²) in [5, 5.41) is 14.0. The number of hydrogen-bond donors (Lipinski definition) is 1. The Balaban J connectivity index is 2.11. The molecule has 1 unspecified atom stereocenters. The summed E-state index contributed by atoms with van der Waals surface area (Å²) in [6.45, 7) is -0.798. The van der Waals surface area contributed by atoms with Gasteiger partial charge in [0, 0.05) is 32.1 Å². The van der Waals surface area contributed by atoms with Crippen LogP contribution in [-0.4, -0.2) is 70.2 Å². The molecular formula is C28H32N4O8S. The van der Waals surface area contributed by atoms with E-state index in [2.05, 4.69) is 5.32 Å². The smallest absolute Gasteiger partial charge is 0.271 e. The van der Waals surface area contributed by atoms with E-state index in [1.54, 1.807) is 24.3 Å². The predicted octanol–water partition coefficient (Wildman–Crippen LogP) is 2.76. The lowest BCUT2D eigenvalue weighted by Gasteiger charge is -2.33. The largest absolute Gasteiger partial charge is 0.497 e. The number of nitrogens with zero attached hydrogens (tertiary/aromatic N) is 3. The maximum atomic E-state index is 14.0. The second kappa shape index (κ2) is 13.6. The molecule has 0 aliphatic heterocycles. The van der Waals surface area contributed by atoms with Crippen molar-refractivity contribution in [2.75, 3.05) is 38.4 Å². The van der Waals surface area contributed by atoms with E-state index in [4.69, 9.17) is 9.47 Å². The number of nitro benzene ring substituents is 1. The highest BCUT2D eigenvalue weighted by atomic mass is 32.2. The molecule has 0 fully saturated rings. The number of nitrogens with one attached hydrogen (secondary N) is 1. The van der Waals surface area contributed by atoms with E-state index in [-0.39, 0.29) is 30.1 Å². The van der Waals surface area contributed by atoms with Gasteiger partial charge in [-0.3, -0.25) is 24.0 Å². The Labute approximate surface area is 238 Å². The molecule has 0 aliphatic carbocycles. The first-order chi connectivity index (χ1) is 19.5. The number of benzene rings is 3. The molecule has 12 nitrogen and oxygen atoms in total. The van der Waals surface area contributed by atoms with Gasteiger partial charge in [-0.05, 0) is 29.3 Å². The summed E-state index contributed by atoms with van der Waals surface area (Å²) in [7, 11) is 0.0793. The molecule has 2 amide bonds. The third-order valence-electron chi connectivity index (χ3n) is 6.33. The number of amides is 2. The Morgan fingerprint density at radius 2 is 1.66 bits per heavy atom. The van der Waals surface area contributed by atoms with Crippen molar-refractivity contribution in [3.63, 3.8) is 0 Å². The first-order valence-electron chi connectivity index (χ1n) is 12.5. The van der Waals surface area contributed by atoms with Gasteiger partial charge in [0.05, 0.1) is 25.4 Å². The number of sulfonamides is 1. The maximum Gasteiger partial charge on any atom is 0.271 e. The summed E-state index contributed by atoms with van der Waals surface area (Å²) < 4.78 is 37.2. The van der Waals surface area contributed by atoms with Gasteiger partial charge in [-0.1, -0.05) is 42.5 Å². The fourth-order valence-electron chi connectivity index (χ4n) is 4.27. The quantitative estimate of drug-likeness (QED) is 0.238. The second-order valence-electron chi connectivity index (χ2n) is 9.08. The number of hydrogen-bond acceptors (Lipinski definition) is 8. The van der Waals surface area contributed by atoms with Crippen LogP contribution in [0, 0.1) is 10.1 Å². The lowest BCUT2D eigenvalue weighted by molar-refractivity contribution is -0.384. The second-order valence-corrected chi connectivity index (χ2v) is 11.0. The van der Waals surface area contributed by atoms with Crippen LogP contribution in [0.5, 0.6) is 11.5 Å². The van der Waals surface area contributed by atoms with Gasteiger partial charge in [-0.15, -0.1) is 0 Å². The molecule has 1 N–H and O–H groups in total. The van der Waals surface area contributed by atoms with E-state index in [1.807, 2.05) is 30.3 Å². The van der Waals surface area contributed by atoms with Gasteiger partial charge >= 0.3 is 0 Å². The Kier molecular flexibility index (Phi) is 10.3. The average molecular weight is 585 g/mol. The number of carbonyl (C=O) groups is 2. The normalized spacial score (nSPS) is 11.7.